The molecule has 0 aliphatic carbocycles. The number of carbonyl (C=O) groups excluding carboxylic acids is 1. The molecule has 4 heteroatoms. The van der Waals surface area contributed by atoms with Gasteiger partial charge in [0, 0.05) is 11.5 Å². The Labute approximate surface area is 142 Å². The summed E-state index contributed by atoms with van der Waals surface area (Å²) >= 11 is 0. The van der Waals surface area contributed by atoms with Crippen molar-refractivity contribution in [3.8, 4) is 5.75 Å². The topological polar surface area (TPSA) is 52.3 Å². The Kier molecular flexibility index (Phi) is 6.36. The molecule has 2 aromatic rings. The van der Waals surface area contributed by atoms with Gasteiger partial charge in [0.15, 0.2) is 0 Å². The normalized spacial score (nSPS) is 13.3. The van der Waals surface area contributed by atoms with Crippen LogP contribution in [0.1, 0.15) is 43.7 Å². The first-order chi connectivity index (χ1) is 11.5. The van der Waals surface area contributed by atoms with Gasteiger partial charge in [-0.05, 0) is 42.5 Å². The van der Waals surface area contributed by atoms with E-state index in [-0.39, 0.29) is 24.2 Å². The molecule has 2 atom stereocenters. The van der Waals surface area contributed by atoms with E-state index in [9.17, 15) is 9.18 Å². The number of nitrogens with two attached hydrogens (primary N) is 1. The summed E-state index contributed by atoms with van der Waals surface area (Å²) in [6, 6.07) is 14.4. The van der Waals surface area contributed by atoms with Crippen molar-refractivity contribution < 1.29 is 13.9 Å². The summed E-state index contributed by atoms with van der Waals surface area (Å²) in [5.74, 6) is 0.438. The number of benzene rings is 2. The number of amides is 1. The fourth-order valence-corrected chi connectivity index (χ4v) is 2.48. The van der Waals surface area contributed by atoms with E-state index in [0.717, 1.165) is 12.8 Å². The maximum Gasteiger partial charge on any atom is 0.220 e. The lowest BCUT2D eigenvalue weighted by Crippen LogP contribution is -2.20. The van der Waals surface area contributed by atoms with Crippen LogP contribution in [0.4, 0.5) is 4.39 Å². The molecule has 0 fully saturated rings. The minimum absolute atomic E-state index is 0.101. The predicted octanol–water partition coefficient (Wildman–Crippen LogP) is 4.41. The van der Waals surface area contributed by atoms with Crippen LogP contribution in [0, 0.1) is 11.7 Å². The molecule has 0 heterocycles. The zero-order valence-corrected chi connectivity index (χ0v) is 14.2. The summed E-state index contributed by atoms with van der Waals surface area (Å²) in [4.78, 5) is 11.1. The molecule has 1 unspecified atom stereocenters. The third-order valence-electron chi connectivity index (χ3n) is 4.32. The Morgan fingerprint density at radius 3 is 2.38 bits per heavy atom. The Morgan fingerprint density at radius 2 is 1.75 bits per heavy atom. The summed E-state index contributed by atoms with van der Waals surface area (Å²) < 4.78 is 19.2. The van der Waals surface area contributed by atoms with Crippen molar-refractivity contribution in [3.05, 3.63) is 65.5 Å². The van der Waals surface area contributed by atoms with Crippen molar-refractivity contribution in [1.82, 2.24) is 0 Å². The van der Waals surface area contributed by atoms with Crippen LogP contribution in [0.2, 0.25) is 0 Å². The fourth-order valence-electron chi connectivity index (χ4n) is 2.48. The summed E-state index contributed by atoms with van der Waals surface area (Å²) in [6.07, 6.45) is 1.68. The number of ether oxygens (including phenoxy) is 1. The van der Waals surface area contributed by atoms with Gasteiger partial charge in [-0.25, -0.2) is 4.39 Å². The van der Waals surface area contributed by atoms with Gasteiger partial charge in [0.05, 0.1) is 0 Å². The molecular formula is C20H24FNO2. The highest BCUT2D eigenvalue weighted by Crippen LogP contribution is 2.25. The van der Waals surface area contributed by atoms with Crippen LogP contribution in [0.3, 0.4) is 0 Å². The van der Waals surface area contributed by atoms with Crippen LogP contribution in [-0.2, 0) is 11.4 Å². The maximum atomic E-state index is 13.6. The van der Waals surface area contributed by atoms with Gasteiger partial charge < -0.3 is 10.5 Å². The van der Waals surface area contributed by atoms with Crippen molar-refractivity contribution in [1.29, 1.82) is 0 Å². The van der Waals surface area contributed by atoms with Gasteiger partial charge in [-0.3, -0.25) is 4.79 Å². The van der Waals surface area contributed by atoms with E-state index in [2.05, 4.69) is 6.92 Å². The largest absolute Gasteiger partial charge is 0.489 e. The zero-order valence-electron chi connectivity index (χ0n) is 14.2. The fraction of sp³-hybridized carbons (Fsp3) is 0.350. The minimum atomic E-state index is -0.258. The average Bonchev–Trinajstić information content (AvgIpc) is 2.59. The monoisotopic (exact) mass is 329 g/mol. The number of hydrogen-bond donors (Lipinski definition) is 1. The third-order valence-corrected chi connectivity index (χ3v) is 4.32. The van der Waals surface area contributed by atoms with E-state index in [4.69, 9.17) is 10.5 Å². The standard InChI is InChI=1S/C20H24FNO2/c1-14(7-8-15(2)20(22)23)16-9-11-18(12-10-16)24-13-17-5-3-4-6-19(17)21/h3-6,9-12,14-15H,7-8,13H2,1-2H3,(H2,22,23)/t14?,15-/m0/s1. The van der Waals surface area contributed by atoms with Crippen LogP contribution >= 0.6 is 0 Å². The first-order valence-corrected chi connectivity index (χ1v) is 8.23. The van der Waals surface area contributed by atoms with E-state index < -0.39 is 0 Å². The van der Waals surface area contributed by atoms with Gasteiger partial charge in [-0.1, -0.05) is 44.2 Å². The molecule has 0 saturated heterocycles. The second kappa shape index (κ2) is 8.48. The number of carbonyl (C=O) groups is 1. The van der Waals surface area contributed by atoms with Crippen molar-refractivity contribution in [3.63, 3.8) is 0 Å². The Balaban J connectivity index is 1.88. The van der Waals surface area contributed by atoms with Crippen molar-refractivity contribution in [2.45, 2.75) is 39.2 Å². The molecule has 2 aromatic carbocycles. The summed E-state index contributed by atoms with van der Waals surface area (Å²) in [6.45, 7) is 4.19. The lowest BCUT2D eigenvalue weighted by Gasteiger charge is -2.15. The van der Waals surface area contributed by atoms with Crippen LogP contribution < -0.4 is 10.5 Å². The van der Waals surface area contributed by atoms with Crippen LogP contribution in [0.25, 0.3) is 0 Å². The average molecular weight is 329 g/mol. The van der Waals surface area contributed by atoms with Crippen molar-refractivity contribution in [2.24, 2.45) is 11.7 Å². The minimum Gasteiger partial charge on any atom is -0.489 e. The SMILES string of the molecule is CC(CC[C@H](C)C(N)=O)c1ccc(OCc2ccccc2F)cc1. The van der Waals surface area contributed by atoms with E-state index in [1.807, 2.05) is 31.2 Å². The molecule has 2 N–H and O–H groups in total. The third kappa shape index (κ3) is 5.08. The van der Waals surface area contributed by atoms with E-state index in [1.54, 1.807) is 18.2 Å². The van der Waals surface area contributed by atoms with E-state index in [0.29, 0.717) is 17.2 Å². The van der Waals surface area contributed by atoms with Crippen molar-refractivity contribution in [2.75, 3.05) is 0 Å². The molecule has 0 spiro atoms. The highest BCUT2D eigenvalue weighted by molar-refractivity contribution is 5.76. The molecule has 24 heavy (non-hydrogen) atoms. The highest BCUT2D eigenvalue weighted by Gasteiger charge is 2.12. The first-order valence-electron chi connectivity index (χ1n) is 8.23. The Bertz CT molecular complexity index is 670. The molecule has 0 aliphatic heterocycles. The van der Waals surface area contributed by atoms with Crippen LogP contribution in [0.15, 0.2) is 48.5 Å². The van der Waals surface area contributed by atoms with Crippen LogP contribution in [0.5, 0.6) is 5.75 Å². The predicted molar refractivity (Wildman–Crippen MR) is 93.2 cm³/mol. The molecule has 0 bridgehead atoms. The number of halogens is 1. The highest BCUT2D eigenvalue weighted by atomic mass is 19.1. The molecule has 0 aliphatic rings. The molecule has 1 amide bonds. The van der Waals surface area contributed by atoms with Gasteiger partial charge in [-0.2, -0.15) is 0 Å². The Morgan fingerprint density at radius 1 is 1.08 bits per heavy atom. The second-order valence-electron chi connectivity index (χ2n) is 6.23. The van der Waals surface area contributed by atoms with Crippen LogP contribution in [-0.4, -0.2) is 5.91 Å². The molecule has 3 nitrogen and oxygen atoms in total. The van der Waals surface area contributed by atoms with Gasteiger partial charge in [-0.15, -0.1) is 0 Å². The molecular weight excluding hydrogens is 305 g/mol. The maximum absolute atomic E-state index is 13.6. The smallest absolute Gasteiger partial charge is 0.220 e. The second-order valence-corrected chi connectivity index (χ2v) is 6.23. The lowest BCUT2D eigenvalue weighted by molar-refractivity contribution is -0.121. The molecule has 0 saturated carbocycles. The summed E-state index contributed by atoms with van der Waals surface area (Å²) in [5, 5.41) is 0. The van der Waals surface area contributed by atoms with Gasteiger partial charge in [0.25, 0.3) is 0 Å². The zero-order chi connectivity index (χ0) is 17.5. The van der Waals surface area contributed by atoms with Gasteiger partial charge in [0.2, 0.25) is 5.91 Å². The summed E-state index contributed by atoms with van der Waals surface area (Å²) in [5.41, 5.74) is 7.01. The lowest BCUT2D eigenvalue weighted by atomic mass is 9.92. The van der Waals surface area contributed by atoms with Crippen molar-refractivity contribution >= 4 is 5.91 Å². The first kappa shape index (κ1) is 18.0. The quantitative estimate of drug-likeness (QED) is 0.780. The Hall–Kier alpha value is -2.36. The molecule has 2 rings (SSSR count). The summed E-state index contributed by atoms with van der Waals surface area (Å²) in [7, 11) is 0. The van der Waals surface area contributed by atoms with E-state index in [1.165, 1.54) is 11.6 Å². The number of primary amides is 1. The van der Waals surface area contributed by atoms with Gasteiger partial charge in [0.1, 0.15) is 18.2 Å². The number of rotatable bonds is 8. The van der Waals surface area contributed by atoms with E-state index >= 15 is 0 Å². The molecule has 0 aromatic heterocycles. The molecule has 128 valence electrons. The number of hydrogen-bond acceptors (Lipinski definition) is 2. The van der Waals surface area contributed by atoms with Gasteiger partial charge >= 0.3 is 0 Å². The molecule has 0 radical (unpaired) electrons.